The van der Waals surface area contributed by atoms with Crippen molar-refractivity contribution >= 4 is 22.5 Å². The Morgan fingerprint density at radius 2 is 1.74 bits per heavy atom. The Morgan fingerprint density at radius 3 is 2.48 bits per heavy atom. The van der Waals surface area contributed by atoms with E-state index in [1.165, 1.54) is 5.57 Å². The SMILES string of the molecule is CC(C)=CCCC(C)CCN(C)N(C(=O)c1ccccc1)c1cnc2ccccc2c1. The fourth-order valence-corrected chi connectivity index (χ4v) is 3.66. The first-order valence-electron chi connectivity index (χ1n) is 11.0. The molecule has 3 rings (SSSR count). The van der Waals surface area contributed by atoms with E-state index < -0.39 is 0 Å². The molecule has 0 bridgehead atoms. The number of hydrogen-bond donors (Lipinski definition) is 0. The van der Waals surface area contributed by atoms with Gasteiger partial charge in [0.15, 0.2) is 0 Å². The number of pyridine rings is 1. The van der Waals surface area contributed by atoms with Gasteiger partial charge >= 0.3 is 0 Å². The van der Waals surface area contributed by atoms with Crippen molar-refractivity contribution in [2.45, 2.75) is 40.0 Å². The molecule has 0 radical (unpaired) electrons. The zero-order valence-electron chi connectivity index (χ0n) is 19.1. The van der Waals surface area contributed by atoms with Gasteiger partial charge in [-0.25, -0.2) is 10.0 Å². The van der Waals surface area contributed by atoms with Gasteiger partial charge in [-0.3, -0.25) is 9.78 Å². The highest BCUT2D eigenvalue weighted by Crippen LogP contribution is 2.24. The van der Waals surface area contributed by atoms with Gasteiger partial charge in [0.05, 0.1) is 17.4 Å². The lowest BCUT2D eigenvalue weighted by molar-refractivity contribution is 0.0910. The molecule has 0 N–H and O–H groups in total. The minimum absolute atomic E-state index is 0.0441. The van der Waals surface area contributed by atoms with E-state index in [9.17, 15) is 4.79 Å². The molecule has 1 heterocycles. The number of nitrogens with zero attached hydrogens (tertiary/aromatic N) is 3. The molecule has 0 spiro atoms. The number of hydrazine groups is 1. The zero-order valence-corrected chi connectivity index (χ0v) is 19.1. The largest absolute Gasteiger partial charge is 0.272 e. The van der Waals surface area contributed by atoms with Crippen LogP contribution in [0.1, 0.15) is 50.4 Å². The second-order valence-corrected chi connectivity index (χ2v) is 8.50. The van der Waals surface area contributed by atoms with E-state index in [-0.39, 0.29) is 5.91 Å². The molecule has 0 aliphatic heterocycles. The van der Waals surface area contributed by atoms with Crippen LogP contribution in [0, 0.1) is 5.92 Å². The summed E-state index contributed by atoms with van der Waals surface area (Å²) < 4.78 is 0. The van der Waals surface area contributed by atoms with E-state index in [2.05, 4.69) is 31.8 Å². The molecule has 1 unspecified atom stereocenters. The van der Waals surface area contributed by atoms with Gasteiger partial charge in [-0.05, 0) is 63.3 Å². The highest BCUT2D eigenvalue weighted by atomic mass is 16.2. The summed E-state index contributed by atoms with van der Waals surface area (Å²) in [7, 11) is 1.98. The molecule has 31 heavy (non-hydrogen) atoms. The van der Waals surface area contributed by atoms with E-state index in [4.69, 9.17) is 0 Å². The van der Waals surface area contributed by atoms with Crippen LogP contribution in [0.5, 0.6) is 0 Å². The van der Waals surface area contributed by atoms with Gasteiger partial charge < -0.3 is 0 Å². The highest BCUT2D eigenvalue weighted by molar-refractivity contribution is 6.06. The first kappa shape index (κ1) is 22.7. The van der Waals surface area contributed by atoms with E-state index in [1.807, 2.05) is 72.7 Å². The lowest BCUT2D eigenvalue weighted by Gasteiger charge is -2.32. The van der Waals surface area contributed by atoms with E-state index in [0.717, 1.165) is 42.4 Å². The topological polar surface area (TPSA) is 36.4 Å². The fraction of sp³-hybridized carbons (Fsp3) is 0.333. The van der Waals surface area contributed by atoms with Crippen LogP contribution in [0.15, 0.2) is 78.5 Å². The lowest BCUT2D eigenvalue weighted by Crippen LogP contribution is -2.45. The Morgan fingerprint density at radius 1 is 1.03 bits per heavy atom. The van der Waals surface area contributed by atoms with Crippen molar-refractivity contribution in [3.8, 4) is 0 Å². The maximum atomic E-state index is 13.5. The summed E-state index contributed by atoms with van der Waals surface area (Å²) in [4.78, 5) is 18.0. The van der Waals surface area contributed by atoms with E-state index in [1.54, 1.807) is 11.2 Å². The number of benzene rings is 2. The number of carbonyl (C=O) groups excluding carboxylic acids is 1. The first-order valence-corrected chi connectivity index (χ1v) is 11.0. The van der Waals surface area contributed by atoms with Gasteiger partial charge in [-0.15, -0.1) is 0 Å². The Balaban J connectivity index is 1.81. The first-order chi connectivity index (χ1) is 15.0. The zero-order chi connectivity index (χ0) is 22.2. The van der Waals surface area contributed by atoms with Crippen LogP contribution < -0.4 is 5.01 Å². The Hall–Kier alpha value is -2.98. The van der Waals surface area contributed by atoms with Gasteiger partial charge in [0.2, 0.25) is 0 Å². The van der Waals surface area contributed by atoms with Crippen molar-refractivity contribution < 1.29 is 4.79 Å². The summed E-state index contributed by atoms with van der Waals surface area (Å²) in [5.74, 6) is 0.541. The highest BCUT2D eigenvalue weighted by Gasteiger charge is 2.23. The van der Waals surface area contributed by atoms with Crippen molar-refractivity contribution in [2.24, 2.45) is 5.92 Å². The summed E-state index contributed by atoms with van der Waals surface area (Å²) >= 11 is 0. The van der Waals surface area contributed by atoms with Gasteiger partial charge in [0, 0.05) is 24.5 Å². The molecule has 4 heteroatoms. The number of carbonyl (C=O) groups is 1. The van der Waals surface area contributed by atoms with Crippen molar-refractivity contribution in [1.82, 2.24) is 9.99 Å². The number of aromatic nitrogens is 1. The third-order valence-corrected chi connectivity index (χ3v) is 5.53. The molecule has 2 aromatic carbocycles. The number of rotatable bonds is 9. The van der Waals surface area contributed by atoms with Crippen molar-refractivity contribution in [3.63, 3.8) is 0 Å². The van der Waals surface area contributed by atoms with Crippen molar-refractivity contribution in [1.29, 1.82) is 0 Å². The molecule has 0 saturated carbocycles. The van der Waals surface area contributed by atoms with Crippen LogP contribution in [0.25, 0.3) is 10.9 Å². The molecule has 0 fully saturated rings. The van der Waals surface area contributed by atoms with Gasteiger partial charge in [-0.2, -0.15) is 0 Å². The number of para-hydroxylation sites is 1. The molecule has 0 saturated heterocycles. The maximum Gasteiger partial charge on any atom is 0.272 e. The monoisotopic (exact) mass is 415 g/mol. The molecule has 4 nitrogen and oxygen atoms in total. The molecule has 3 aromatic rings. The molecule has 0 aliphatic rings. The van der Waals surface area contributed by atoms with Crippen molar-refractivity contribution in [2.75, 3.05) is 18.6 Å². The minimum atomic E-state index is -0.0441. The van der Waals surface area contributed by atoms with Crippen LogP contribution in [-0.2, 0) is 0 Å². The standard InChI is InChI=1S/C27H33N3O/c1-21(2)11-10-12-22(3)17-18-29(4)30(27(31)23-13-6-5-7-14-23)25-19-24-15-8-9-16-26(24)28-20-25/h5-9,11,13-16,19-20,22H,10,12,17-18H2,1-4H3. The number of allylic oxidation sites excluding steroid dienone is 2. The predicted molar refractivity (Wildman–Crippen MR) is 130 cm³/mol. The van der Waals surface area contributed by atoms with E-state index >= 15 is 0 Å². The Labute approximate surface area is 186 Å². The van der Waals surface area contributed by atoms with Gasteiger partial charge in [0.25, 0.3) is 5.91 Å². The Bertz CT molecular complexity index is 1020. The second-order valence-electron chi connectivity index (χ2n) is 8.50. The normalized spacial score (nSPS) is 12.0. The summed E-state index contributed by atoms with van der Waals surface area (Å²) in [6, 6.07) is 19.5. The molecule has 1 aromatic heterocycles. The molecule has 0 aliphatic carbocycles. The third-order valence-electron chi connectivity index (χ3n) is 5.53. The van der Waals surface area contributed by atoms with E-state index in [0.29, 0.717) is 11.5 Å². The number of fused-ring (bicyclic) bond motifs is 1. The lowest BCUT2D eigenvalue weighted by atomic mass is 10.0. The summed E-state index contributed by atoms with van der Waals surface area (Å²) in [6.07, 6.45) is 7.37. The number of hydrogen-bond acceptors (Lipinski definition) is 3. The quantitative estimate of drug-likeness (QED) is 0.296. The number of amides is 1. The molecular formula is C27H33N3O. The fourth-order valence-electron chi connectivity index (χ4n) is 3.66. The van der Waals surface area contributed by atoms with Crippen LogP contribution in [0.2, 0.25) is 0 Å². The van der Waals surface area contributed by atoms with Gasteiger partial charge in [-0.1, -0.05) is 55.0 Å². The van der Waals surface area contributed by atoms with Crippen LogP contribution in [0.4, 0.5) is 5.69 Å². The van der Waals surface area contributed by atoms with Crippen LogP contribution in [0.3, 0.4) is 0 Å². The van der Waals surface area contributed by atoms with Crippen LogP contribution in [-0.4, -0.2) is 29.5 Å². The predicted octanol–water partition coefficient (Wildman–Crippen LogP) is 6.50. The minimum Gasteiger partial charge on any atom is -0.267 e. The van der Waals surface area contributed by atoms with Crippen LogP contribution >= 0.6 is 0 Å². The summed E-state index contributed by atoms with van der Waals surface area (Å²) in [5, 5.41) is 4.81. The molecule has 1 atom stereocenters. The summed E-state index contributed by atoms with van der Waals surface area (Å²) in [6.45, 7) is 7.36. The van der Waals surface area contributed by atoms with Gasteiger partial charge in [0.1, 0.15) is 0 Å². The molecule has 1 amide bonds. The summed E-state index contributed by atoms with van der Waals surface area (Å²) in [5.41, 5.74) is 3.74. The number of anilines is 1. The van der Waals surface area contributed by atoms with Crippen molar-refractivity contribution in [3.05, 3.63) is 84.1 Å². The smallest absolute Gasteiger partial charge is 0.267 e. The average molecular weight is 416 g/mol. The Kier molecular flexibility index (Phi) is 7.96. The maximum absolute atomic E-state index is 13.5. The average Bonchev–Trinajstić information content (AvgIpc) is 2.78. The molecular weight excluding hydrogens is 382 g/mol. The molecule has 162 valence electrons. The third kappa shape index (κ3) is 6.25. The second kappa shape index (κ2) is 10.9.